The molecule has 0 unspecified atom stereocenters. The number of aliphatic hydroxyl groups excluding tert-OH is 1. The van der Waals surface area contributed by atoms with Crippen LogP contribution in [0.3, 0.4) is 0 Å². The van der Waals surface area contributed by atoms with E-state index in [4.69, 9.17) is 9.47 Å². The summed E-state index contributed by atoms with van der Waals surface area (Å²) in [6.45, 7) is 3.90. The van der Waals surface area contributed by atoms with Crippen LogP contribution in [0, 0.1) is 11.6 Å². The van der Waals surface area contributed by atoms with Crippen LogP contribution < -0.4 is 4.74 Å². The first kappa shape index (κ1) is 30.7. The van der Waals surface area contributed by atoms with Gasteiger partial charge in [0.1, 0.15) is 30.6 Å². The highest BCUT2D eigenvalue weighted by atomic mass is 19.1. The van der Waals surface area contributed by atoms with Crippen LogP contribution in [-0.4, -0.2) is 22.2 Å². The van der Waals surface area contributed by atoms with Gasteiger partial charge in [0.05, 0.1) is 23.1 Å². The number of halogens is 2. The maximum atomic E-state index is 15.4. The summed E-state index contributed by atoms with van der Waals surface area (Å²) in [5.74, 6) is -1.06. The number of rotatable bonds is 10. The van der Waals surface area contributed by atoms with E-state index in [0.717, 1.165) is 16.7 Å². The van der Waals surface area contributed by atoms with E-state index in [1.807, 2.05) is 91.2 Å². The molecule has 0 saturated heterocycles. The number of aliphatic hydroxyl groups is 1. The lowest BCUT2D eigenvalue weighted by molar-refractivity contribution is 0.0472. The average molecular weight is 618 g/mol. The van der Waals surface area contributed by atoms with Crippen molar-refractivity contribution in [2.45, 2.75) is 32.5 Å². The van der Waals surface area contributed by atoms with Crippen molar-refractivity contribution < 1.29 is 28.2 Å². The first-order valence-electron chi connectivity index (χ1n) is 15.0. The number of hydrogen-bond donors (Lipinski definition) is 1. The fourth-order valence-corrected chi connectivity index (χ4v) is 5.63. The monoisotopic (exact) mass is 617 g/mol. The summed E-state index contributed by atoms with van der Waals surface area (Å²) in [6.07, 6.45) is 0. The Morgan fingerprint density at radius 2 is 1.37 bits per heavy atom. The molecule has 5 aromatic carbocycles. The zero-order valence-electron chi connectivity index (χ0n) is 25.5. The van der Waals surface area contributed by atoms with E-state index in [-0.39, 0.29) is 19.8 Å². The molecule has 5 nitrogen and oxygen atoms in total. The van der Waals surface area contributed by atoms with E-state index in [0.29, 0.717) is 39.2 Å². The fraction of sp³-hybridized carbons (Fsp3) is 0.154. The van der Waals surface area contributed by atoms with Gasteiger partial charge in [-0.25, -0.2) is 13.6 Å². The fourth-order valence-electron chi connectivity index (χ4n) is 5.63. The number of esters is 1. The van der Waals surface area contributed by atoms with E-state index in [1.54, 1.807) is 24.3 Å². The Kier molecular flexibility index (Phi) is 8.68. The molecule has 0 bridgehead atoms. The van der Waals surface area contributed by atoms with Crippen molar-refractivity contribution in [2.75, 3.05) is 6.61 Å². The van der Waals surface area contributed by atoms with Crippen molar-refractivity contribution in [3.8, 4) is 22.6 Å². The molecule has 0 atom stereocenters. The number of fused-ring (bicyclic) bond motifs is 1. The summed E-state index contributed by atoms with van der Waals surface area (Å²) in [7, 11) is 0. The molecule has 6 rings (SSSR count). The first-order chi connectivity index (χ1) is 22.2. The SMILES string of the molecule is CC(C)(CO)c1c(-c2ccc(C(=O)OCc3ccccc3)cc2)c2c(OCc3ccccc3)cc(F)cc2n1-c1ccc(F)cc1. The topological polar surface area (TPSA) is 60.7 Å². The molecule has 0 aliphatic carbocycles. The van der Waals surface area contributed by atoms with E-state index in [9.17, 15) is 14.3 Å². The molecule has 0 spiro atoms. The average Bonchev–Trinajstić information content (AvgIpc) is 3.43. The van der Waals surface area contributed by atoms with Gasteiger partial charge in [-0.15, -0.1) is 0 Å². The summed E-state index contributed by atoms with van der Waals surface area (Å²) in [5, 5.41) is 11.3. The predicted octanol–water partition coefficient (Wildman–Crippen LogP) is 8.78. The Hall–Kier alpha value is -5.27. The van der Waals surface area contributed by atoms with Crippen LogP contribution >= 0.6 is 0 Å². The van der Waals surface area contributed by atoms with Gasteiger partial charge < -0.3 is 19.1 Å². The third-order valence-corrected chi connectivity index (χ3v) is 7.98. The minimum Gasteiger partial charge on any atom is -0.488 e. The Bertz CT molecular complexity index is 1970. The number of hydrogen-bond acceptors (Lipinski definition) is 4. The van der Waals surface area contributed by atoms with Crippen LogP contribution in [0.15, 0.2) is 121 Å². The van der Waals surface area contributed by atoms with Crippen LogP contribution in [0.1, 0.15) is 41.0 Å². The van der Waals surface area contributed by atoms with E-state index in [2.05, 4.69) is 0 Å². The second kappa shape index (κ2) is 13.0. The van der Waals surface area contributed by atoms with Gasteiger partial charge in [-0.05, 0) is 59.2 Å². The molecule has 7 heteroatoms. The zero-order chi connectivity index (χ0) is 32.3. The molecule has 46 heavy (non-hydrogen) atoms. The molecule has 6 aromatic rings. The van der Waals surface area contributed by atoms with E-state index in [1.165, 1.54) is 24.3 Å². The van der Waals surface area contributed by atoms with Gasteiger partial charge in [-0.3, -0.25) is 0 Å². The van der Waals surface area contributed by atoms with Gasteiger partial charge in [0.25, 0.3) is 0 Å². The molecule has 232 valence electrons. The van der Waals surface area contributed by atoms with Crippen molar-refractivity contribution in [2.24, 2.45) is 0 Å². The van der Waals surface area contributed by atoms with Crippen molar-refractivity contribution in [3.05, 3.63) is 155 Å². The van der Waals surface area contributed by atoms with E-state index < -0.39 is 23.0 Å². The highest BCUT2D eigenvalue weighted by Crippen LogP contribution is 2.46. The minimum atomic E-state index is -0.844. The normalized spacial score (nSPS) is 11.5. The molecule has 0 amide bonds. The smallest absolute Gasteiger partial charge is 0.338 e. The second-order valence-electron chi connectivity index (χ2n) is 11.8. The van der Waals surface area contributed by atoms with Crippen molar-refractivity contribution in [3.63, 3.8) is 0 Å². The molecule has 0 radical (unpaired) electrons. The van der Waals surface area contributed by atoms with Crippen LogP contribution in [-0.2, 0) is 23.4 Å². The lowest BCUT2D eigenvalue weighted by atomic mass is 9.84. The van der Waals surface area contributed by atoms with Crippen LogP contribution in [0.5, 0.6) is 5.75 Å². The van der Waals surface area contributed by atoms with Gasteiger partial charge in [0.2, 0.25) is 0 Å². The molecule has 0 aliphatic heterocycles. The van der Waals surface area contributed by atoms with Gasteiger partial charge >= 0.3 is 5.97 Å². The summed E-state index contributed by atoms with van der Waals surface area (Å²) < 4.78 is 43.1. The lowest BCUT2D eigenvalue weighted by Gasteiger charge is -2.27. The summed E-state index contributed by atoms with van der Waals surface area (Å²) >= 11 is 0. The van der Waals surface area contributed by atoms with Gasteiger partial charge in [0.15, 0.2) is 0 Å². The van der Waals surface area contributed by atoms with E-state index >= 15 is 4.39 Å². The van der Waals surface area contributed by atoms with Crippen LogP contribution in [0.25, 0.3) is 27.7 Å². The molecule has 0 aliphatic rings. The maximum absolute atomic E-state index is 15.4. The molecular formula is C39H33F2NO4. The Morgan fingerprint density at radius 3 is 1.98 bits per heavy atom. The Balaban J connectivity index is 1.52. The summed E-state index contributed by atoms with van der Waals surface area (Å²) in [4.78, 5) is 12.9. The van der Waals surface area contributed by atoms with Crippen LogP contribution in [0.4, 0.5) is 8.78 Å². The van der Waals surface area contributed by atoms with Gasteiger partial charge in [-0.1, -0.05) is 86.6 Å². The highest BCUT2D eigenvalue weighted by molar-refractivity contribution is 6.04. The number of benzene rings is 5. The standard InChI is InChI=1S/C39H33F2NO4/c1-39(2,25-43)37-35(28-13-15-29(16-14-28)38(44)46-24-27-11-7-4-8-12-27)36-33(42(37)32-19-17-30(40)18-20-32)21-31(41)22-34(36)45-23-26-9-5-3-6-10-26/h3-22,43H,23-25H2,1-2H3. The number of aromatic nitrogens is 1. The lowest BCUT2D eigenvalue weighted by Crippen LogP contribution is -2.26. The molecule has 1 N–H and O–H groups in total. The largest absolute Gasteiger partial charge is 0.488 e. The molecule has 0 saturated carbocycles. The predicted molar refractivity (Wildman–Crippen MR) is 175 cm³/mol. The molecule has 1 aromatic heterocycles. The molecular weight excluding hydrogens is 584 g/mol. The van der Waals surface area contributed by atoms with Crippen molar-refractivity contribution in [1.82, 2.24) is 4.57 Å². The minimum absolute atomic E-state index is 0.148. The van der Waals surface area contributed by atoms with Crippen LogP contribution in [0.2, 0.25) is 0 Å². The third kappa shape index (κ3) is 6.28. The second-order valence-corrected chi connectivity index (χ2v) is 11.8. The number of carbonyl (C=O) groups is 1. The Labute approximate surface area is 266 Å². The number of ether oxygens (including phenoxy) is 2. The maximum Gasteiger partial charge on any atom is 0.338 e. The van der Waals surface area contributed by atoms with Gasteiger partial charge in [0, 0.05) is 28.4 Å². The zero-order valence-corrected chi connectivity index (χ0v) is 25.5. The third-order valence-electron chi connectivity index (χ3n) is 7.98. The van der Waals surface area contributed by atoms with Gasteiger partial charge in [-0.2, -0.15) is 0 Å². The summed E-state index contributed by atoms with van der Waals surface area (Å²) in [6, 6.07) is 34.7. The highest BCUT2D eigenvalue weighted by Gasteiger charge is 2.33. The Morgan fingerprint density at radius 1 is 0.761 bits per heavy atom. The van der Waals surface area contributed by atoms with Crippen molar-refractivity contribution >= 4 is 16.9 Å². The number of nitrogens with zero attached hydrogens (tertiary/aromatic N) is 1. The molecule has 1 heterocycles. The van der Waals surface area contributed by atoms with Crippen molar-refractivity contribution in [1.29, 1.82) is 0 Å². The quantitative estimate of drug-likeness (QED) is 0.156. The summed E-state index contributed by atoms with van der Waals surface area (Å²) in [5.41, 5.74) is 4.50. The number of carbonyl (C=O) groups excluding carboxylic acids is 1. The first-order valence-corrected chi connectivity index (χ1v) is 15.0. The molecule has 0 fully saturated rings.